The molecule has 561 valence electrons. The van der Waals surface area contributed by atoms with Gasteiger partial charge in [-0.15, -0.1) is 91.5 Å². The molecule has 15 aromatic rings. The molecule has 0 saturated carbocycles. The number of hydrogen-bond acceptors (Lipinski definition) is 0. The van der Waals surface area contributed by atoms with Gasteiger partial charge in [0, 0.05) is 116 Å². The van der Waals surface area contributed by atoms with Crippen LogP contribution in [0, 0.1) is 57.2 Å². The van der Waals surface area contributed by atoms with Crippen LogP contribution in [0.4, 0.5) is 0 Å². The van der Waals surface area contributed by atoms with Gasteiger partial charge in [0.2, 0.25) is 0 Å². The molecule has 0 N–H and O–H groups in total. The first-order valence-electron chi connectivity index (χ1n) is 37.6. The Morgan fingerprint density at radius 2 is 0.546 bits per heavy atom. The van der Waals surface area contributed by atoms with Gasteiger partial charge in [-0.1, -0.05) is 311 Å². The molecule has 0 unspecified atom stereocenters. The molecule has 3 nitrogen and oxygen atoms in total. The van der Waals surface area contributed by atoms with E-state index in [1.165, 1.54) is 81.3 Å². The normalized spacial score (nSPS) is 9.22. The first-order valence-corrected chi connectivity index (χ1v) is 37.6. The van der Waals surface area contributed by atoms with E-state index in [1.807, 2.05) is 161 Å². The van der Waals surface area contributed by atoms with Crippen molar-refractivity contribution in [3.63, 3.8) is 0 Å². The molecule has 6 heteroatoms. The van der Waals surface area contributed by atoms with Crippen LogP contribution in [-0.2, 0) is 119 Å². The molecule has 0 atom stereocenters. The number of aromatic nitrogens is 3. The predicted octanol–water partition coefficient (Wildman–Crippen LogP) is 29.3. The fraction of sp³-hybridized carbons (Fsp3) is 0.265. The van der Waals surface area contributed by atoms with Gasteiger partial charge in [-0.25, -0.2) is 30.4 Å². The van der Waals surface area contributed by atoms with Gasteiger partial charge >= 0.3 is 0 Å². The number of fused-ring (bicyclic) bond motifs is 8. The Kier molecular flexibility index (Phi) is 55.6. The molecule has 0 aliphatic heterocycles. The molecule has 0 aliphatic rings. The van der Waals surface area contributed by atoms with Crippen LogP contribution in [0.15, 0.2) is 255 Å². The quantitative estimate of drug-likeness (QED) is 0.0681. The third-order valence-electron chi connectivity index (χ3n) is 16.3. The van der Waals surface area contributed by atoms with Crippen LogP contribution in [0.25, 0.3) is 132 Å². The van der Waals surface area contributed by atoms with Crippen molar-refractivity contribution in [2.45, 2.75) is 168 Å². The van der Waals surface area contributed by atoms with Crippen molar-refractivity contribution in [1.29, 1.82) is 0 Å². The van der Waals surface area contributed by atoms with E-state index >= 15 is 0 Å². The van der Waals surface area contributed by atoms with Crippen molar-refractivity contribution < 1.29 is 112 Å². The van der Waals surface area contributed by atoms with Gasteiger partial charge in [0.25, 0.3) is 0 Å². The number of hydrogen-bond donors (Lipinski definition) is 0. The zero-order valence-electron chi connectivity index (χ0n) is 67.8. The van der Waals surface area contributed by atoms with E-state index < -0.39 is 0 Å². The Morgan fingerprint density at radius 3 is 0.972 bits per heavy atom. The molecule has 0 amide bonds. The van der Waals surface area contributed by atoms with Crippen LogP contribution >= 0.6 is 0 Å². The van der Waals surface area contributed by atoms with Gasteiger partial charge in [0.15, 0.2) is 18.6 Å². The minimum absolute atomic E-state index is 0. The summed E-state index contributed by atoms with van der Waals surface area (Å²) in [6.07, 6.45) is 6.23. The average molecular weight is 1660 g/mol. The van der Waals surface area contributed by atoms with Crippen molar-refractivity contribution in [3.05, 3.63) is 308 Å². The van der Waals surface area contributed by atoms with E-state index in [0.717, 1.165) is 67.2 Å². The van der Waals surface area contributed by atoms with Crippen LogP contribution in [0.1, 0.15) is 164 Å². The van der Waals surface area contributed by atoms with Crippen LogP contribution in [-0.4, -0.2) is 0 Å². The van der Waals surface area contributed by atoms with E-state index in [2.05, 4.69) is 311 Å². The summed E-state index contributed by atoms with van der Waals surface area (Å²) in [7, 11) is 6.23. The summed E-state index contributed by atoms with van der Waals surface area (Å²) in [6.45, 7) is 42.4. The van der Waals surface area contributed by atoms with Crippen molar-refractivity contribution in [3.8, 4) is 67.2 Å². The summed E-state index contributed by atoms with van der Waals surface area (Å²) in [5.41, 5.74) is 17.1. The summed E-state index contributed by atoms with van der Waals surface area (Å²) in [6, 6.07) is 105. The largest absolute Gasteiger partial charge is 0.234 e. The molecule has 0 saturated heterocycles. The molecule has 12 aromatic carbocycles. The molecule has 15 rings (SSSR count). The minimum atomic E-state index is 0. The minimum Gasteiger partial charge on any atom is -0.234 e. The van der Waals surface area contributed by atoms with E-state index in [1.54, 1.807) is 0 Å². The Balaban J connectivity index is -0.00000135. The first kappa shape index (κ1) is 105. The summed E-state index contributed by atoms with van der Waals surface area (Å²) < 4.78 is 6.43. The monoisotopic (exact) mass is 1660 g/mol. The number of benzene rings is 12. The molecule has 108 heavy (non-hydrogen) atoms. The molecule has 0 aliphatic carbocycles. The summed E-state index contributed by atoms with van der Waals surface area (Å²) in [5, 5.41) is 14.9. The Labute approximate surface area is 732 Å². The maximum Gasteiger partial charge on any atom is 0.161 e. The van der Waals surface area contributed by atoms with Crippen LogP contribution in [0.2, 0.25) is 0 Å². The van der Waals surface area contributed by atoms with Gasteiger partial charge < -0.3 is 0 Å². The zero-order valence-corrected chi connectivity index (χ0v) is 76.3. The summed E-state index contributed by atoms with van der Waals surface area (Å²) in [4.78, 5) is 0. The average Bonchev–Trinajstić information content (AvgIpc) is 0.776. The Hall–Kier alpha value is -7.04. The van der Waals surface area contributed by atoms with Gasteiger partial charge in [-0.2, -0.15) is 89.5 Å². The van der Waals surface area contributed by atoms with Gasteiger partial charge in [-0.3, -0.25) is 0 Å². The van der Waals surface area contributed by atoms with E-state index in [-0.39, 0.29) is 120 Å². The molecule has 3 aromatic heterocycles. The van der Waals surface area contributed by atoms with E-state index in [4.69, 9.17) is 0 Å². The van der Waals surface area contributed by atoms with Crippen molar-refractivity contribution in [2.24, 2.45) is 21.1 Å². The van der Waals surface area contributed by atoms with Crippen molar-refractivity contribution in [1.82, 2.24) is 0 Å². The summed E-state index contributed by atoms with van der Waals surface area (Å²) in [5.74, 6) is 0. The van der Waals surface area contributed by atoms with E-state index in [9.17, 15) is 0 Å². The second-order valence-electron chi connectivity index (χ2n) is 21.7. The zero-order chi connectivity index (χ0) is 75.3. The van der Waals surface area contributed by atoms with Crippen LogP contribution in [0.5, 0.6) is 0 Å². The second kappa shape index (κ2) is 57.1. The third-order valence-corrected chi connectivity index (χ3v) is 16.3. The van der Waals surface area contributed by atoms with Gasteiger partial charge in [0.1, 0.15) is 38.2 Å². The SMILES string of the molecule is C.C.C.CC.CC.CC.CC.CC.CC.CC.CC.CC.Cc1ccc(-c2[c-]ccc3c2ccc2ccccc23)[c-]c1-c1cccc[n+]1C.Cc1ccc(-c2[c-]ccc3cc4ccccc4cc23)[c-]c1-c1cccc[n+]1C.Cc1ccc(-c2[c-]ccc3ccc4ccccc4c23)[c-]c1-c1cccc[n+]1C.[Y].[Y].[Y]. The first-order chi connectivity index (χ1) is 50.1. The molecule has 0 fully saturated rings. The fourth-order valence-electron chi connectivity index (χ4n) is 11.8. The fourth-order valence-corrected chi connectivity index (χ4v) is 11.8. The molecule has 3 heterocycles. The molecular weight excluding hydrogens is 1530 g/mol. The number of pyridine rings is 3. The predicted molar refractivity (Wildman–Crippen MR) is 470 cm³/mol. The molecule has 3 radical (unpaired) electrons. The topological polar surface area (TPSA) is 11.6 Å². The number of rotatable bonds is 6. The second-order valence-corrected chi connectivity index (χ2v) is 21.7. The Morgan fingerprint density at radius 1 is 0.231 bits per heavy atom. The van der Waals surface area contributed by atoms with Crippen LogP contribution < -0.4 is 13.7 Å². The van der Waals surface area contributed by atoms with Crippen LogP contribution in [0.3, 0.4) is 0 Å². The smallest absolute Gasteiger partial charge is 0.161 e. The van der Waals surface area contributed by atoms with Gasteiger partial charge in [0.05, 0.1) is 0 Å². The third kappa shape index (κ3) is 26.3. The maximum atomic E-state index is 3.69. The summed E-state index contributed by atoms with van der Waals surface area (Å²) >= 11 is 0. The molecule has 0 spiro atoms. The van der Waals surface area contributed by atoms with Crippen molar-refractivity contribution in [2.75, 3.05) is 0 Å². The van der Waals surface area contributed by atoms with E-state index in [0.29, 0.717) is 0 Å². The number of aryl methyl sites for hydroxylation is 6. The van der Waals surface area contributed by atoms with Gasteiger partial charge in [-0.05, 0) is 45.1 Å². The Bertz CT molecular complexity index is 4890. The number of nitrogens with zero attached hydrogens (tertiary/aromatic N) is 3. The van der Waals surface area contributed by atoms with Crippen molar-refractivity contribution >= 4 is 64.6 Å². The standard InChI is InChI=1S/3C27H20N.9C2H6.3CH4.3Y/c1-19-13-14-22(18-25(19)26-12-5-6-17-28(26)2)24-11-7-9-21-16-15-20-8-3-4-10-23(20)27(21)24;1-19-13-14-21(18-26(19)27-12-5-6-17-28(27)2)23-10-7-11-24-22-9-4-3-8-20(22)15-16-25(23)24;1-19-13-14-23(18-25(19)27-12-5-6-15-28(27)2)24-11-7-10-22-16-20-8-3-4-9-21(20)17-26(22)24;9*1-2;;;;;;/h3-10,12-17H,1-2H3;3-9,11-17H,1-2H3;3-10,12-17H,1-2H3;9*1-2H3;3*1H4;;;/q3*-1;;;;;;;;;;;;;;;. The molecule has 0 bridgehead atoms. The maximum absolute atomic E-state index is 3.69. The molecular formula is C102H126N3Y3-3.